The molecule has 0 aliphatic heterocycles. The predicted octanol–water partition coefficient (Wildman–Crippen LogP) is 4.27. The fraction of sp³-hybridized carbons (Fsp3) is 0.391. The van der Waals surface area contributed by atoms with E-state index in [9.17, 15) is 18.4 Å². The van der Waals surface area contributed by atoms with Gasteiger partial charge in [-0.1, -0.05) is 56.7 Å². The maximum atomic E-state index is 13.8. The topological polar surface area (TPSA) is 61.4 Å². The molecule has 5 nitrogen and oxygen atoms in total. The quantitative estimate of drug-likeness (QED) is 0.607. The Hall–Kier alpha value is -2.80. The number of nitrogens with zero attached hydrogens (tertiary/aromatic N) is 1. The first kappa shape index (κ1) is 23.5. The van der Waals surface area contributed by atoms with Crippen LogP contribution in [0, 0.1) is 11.6 Å². The Morgan fingerprint density at radius 1 is 1.00 bits per heavy atom. The minimum atomic E-state index is -0.845. The summed E-state index contributed by atoms with van der Waals surface area (Å²) in [5.74, 6) is -2.48. The Labute approximate surface area is 176 Å². The summed E-state index contributed by atoms with van der Waals surface area (Å²) in [5, 5.41) is 5.32. The van der Waals surface area contributed by atoms with Gasteiger partial charge in [0.2, 0.25) is 11.8 Å². The molecule has 0 spiro atoms. The van der Waals surface area contributed by atoms with E-state index in [0.29, 0.717) is 6.54 Å². The van der Waals surface area contributed by atoms with Crippen LogP contribution in [0.25, 0.3) is 0 Å². The summed E-state index contributed by atoms with van der Waals surface area (Å²) in [6.45, 7) is 5.84. The van der Waals surface area contributed by atoms with Crippen molar-refractivity contribution in [3.05, 3.63) is 65.7 Å². The van der Waals surface area contributed by atoms with Gasteiger partial charge in [-0.05, 0) is 37.6 Å². The van der Waals surface area contributed by atoms with Crippen LogP contribution in [0.3, 0.4) is 0 Å². The summed E-state index contributed by atoms with van der Waals surface area (Å²) in [6.07, 6.45) is 1.70. The molecule has 2 unspecified atom stereocenters. The van der Waals surface area contributed by atoms with Crippen LogP contribution in [0.1, 0.15) is 45.2 Å². The molecule has 2 aromatic carbocycles. The summed E-state index contributed by atoms with van der Waals surface area (Å²) < 4.78 is 27.5. The van der Waals surface area contributed by atoms with Crippen molar-refractivity contribution in [1.29, 1.82) is 0 Å². The number of nitrogens with one attached hydrogen (secondary N) is 2. The zero-order valence-corrected chi connectivity index (χ0v) is 17.6. The number of para-hydroxylation sites is 1. The van der Waals surface area contributed by atoms with Crippen molar-refractivity contribution in [2.45, 2.75) is 45.7 Å². The Balaban J connectivity index is 2.02. The van der Waals surface area contributed by atoms with E-state index in [-0.39, 0.29) is 18.5 Å². The normalized spacial score (nSPS) is 13.0. The van der Waals surface area contributed by atoms with Crippen LogP contribution in [0.2, 0.25) is 0 Å². The zero-order chi connectivity index (χ0) is 22.1. The van der Waals surface area contributed by atoms with E-state index in [2.05, 4.69) is 17.6 Å². The van der Waals surface area contributed by atoms with Gasteiger partial charge in [0.25, 0.3) is 0 Å². The van der Waals surface area contributed by atoms with Crippen molar-refractivity contribution in [2.24, 2.45) is 0 Å². The summed E-state index contributed by atoms with van der Waals surface area (Å²) in [4.78, 5) is 26.8. The SMILES string of the molecule is CCCC(NC(=O)C(C)N(CC)CC(=O)Nc1c(F)cccc1F)c1ccccc1. The van der Waals surface area contributed by atoms with Crippen molar-refractivity contribution in [3.63, 3.8) is 0 Å². The van der Waals surface area contributed by atoms with Gasteiger partial charge in [-0.25, -0.2) is 8.78 Å². The molecule has 2 rings (SSSR count). The largest absolute Gasteiger partial charge is 0.348 e. The number of rotatable bonds is 10. The highest BCUT2D eigenvalue weighted by Crippen LogP contribution is 2.20. The Morgan fingerprint density at radius 3 is 2.20 bits per heavy atom. The van der Waals surface area contributed by atoms with Crippen LogP contribution in [0.15, 0.2) is 48.5 Å². The Kier molecular flexibility index (Phi) is 8.92. The fourth-order valence-electron chi connectivity index (χ4n) is 3.26. The lowest BCUT2D eigenvalue weighted by atomic mass is 10.0. The number of halogens is 2. The minimum Gasteiger partial charge on any atom is -0.348 e. The van der Waals surface area contributed by atoms with E-state index >= 15 is 0 Å². The van der Waals surface area contributed by atoms with E-state index in [1.54, 1.807) is 11.8 Å². The molecule has 2 N–H and O–H groups in total. The molecule has 2 amide bonds. The highest BCUT2D eigenvalue weighted by Gasteiger charge is 2.25. The Morgan fingerprint density at radius 2 is 1.63 bits per heavy atom. The van der Waals surface area contributed by atoms with E-state index in [1.807, 2.05) is 37.3 Å². The van der Waals surface area contributed by atoms with Gasteiger partial charge in [0.15, 0.2) is 0 Å². The lowest BCUT2D eigenvalue weighted by molar-refractivity contribution is -0.127. The van der Waals surface area contributed by atoms with Gasteiger partial charge < -0.3 is 10.6 Å². The van der Waals surface area contributed by atoms with Crippen LogP contribution >= 0.6 is 0 Å². The lowest BCUT2D eigenvalue weighted by Gasteiger charge is -2.28. The Bertz CT molecular complexity index is 825. The first-order chi connectivity index (χ1) is 14.4. The highest BCUT2D eigenvalue weighted by molar-refractivity contribution is 5.93. The number of hydrogen-bond acceptors (Lipinski definition) is 3. The van der Waals surface area contributed by atoms with Crippen molar-refractivity contribution in [2.75, 3.05) is 18.4 Å². The highest BCUT2D eigenvalue weighted by atomic mass is 19.1. The molecule has 0 aliphatic rings. The second-order valence-corrected chi connectivity index (χ2v) is 7.14. The van der Waals surface area contributed by atoms with Crippen molar-refractivity contribution < 1.29 is 18.4 Å². The molecule has 0 radical (unpaired) electrons. The number of likely N-dealkylation sites (N-methyl/N-ethyl adjacent to an activating group) is 1. The molecule has 30 heavy (non-hydrogen) atoms. The average Bonchev–Trinajstić information content (AvgIpc) is 2.74. The number of carbonyl (C=O) groups excluding carboxylic acids is 2. The van der Waals surface area contributed by atoms with E-state index in [1.165, 1.54) is 6.07 Å². The first-order valence-corrected chi connectivity index (χ1v) is 10.2. The summed E-state index contributed by atoms with van der Waals surface area (Å²) in [7, 11) is 0. The second-order valence-electron chi connectivity index (χ2n) is 7.14. The van der Waals surface area contributed by atoms with E-state index in [0.717, 1.165) is 30.5 Å². The average molecular weight is 418 g/mol. The zero-order valence-electron chi connectivity index (χ0n) is 17.6. The number of benzene rings is 2. The standard InChI is InChI=1S/C23H29F2N3O2/c1-4-10-20(17-11-7-6-8-12-17)26-23(30)16(3)28(5-2)15-21(29)27-22-18(24)13-9-14-19(22)25/h6-9,11-14,16,20H,4-5,10,15H2,1-3H3,(H,26,30)(H,27,29). The molecule has 2 aromatic rings. The van der Waals surface area contributed by atoms with Crippen LogP contribution < -0.4 is 10.6 Å². The maximum absolute atomic E-state index is 13.8. The summed E-state index contributed by atoms with van der Waals surface area (Å²) in [5.41, 5.74) is 0.540. The van der Waals surface area contributed by atoms with Gasteiger partial charge in [-0.2, -0.15) is 0 Å². The lowest BCUT2D eigenvalue weighted by Crippen LogP contribution is -2.48. The van der Waals surface area contributed by atoms with Gasteiger partial charge in [0.05, 0.1) is 18.6 Å². The smallest absolute Gasteiger partial charge is 0.238 e. The van der Waals surface area contributed by atoms with Crippen LogP contribution in [0.5, 0.6) is 0 Å². The van der Waals surface area contributed by atoms with E-state index in [4.69, 9.17) is 0 Å². The molecular weight excluding hydrogens is 388 g/mol. The van der Waals surface area contributed by atoms with Crippen LogP contribution in [0.4, 0.5) is 14.5 Å². The predicted molar refractivity (Wildman–Crippen MR) is 114 cm³/mol. The van der Waals surface area contributed by atoms with Gasteiger partial charge in [-0.15, -0.1) is 0 Å². The molecule has 162 valence electrons. The second kappa shape index (κ2) is 11.4. The molecule has 0 bridgehead atoms. The number of hydrogen-bond donors (Lipinski definition) is 2. The molecule has 0 aromatic heterocycles. The van der Waals surface area contributed by atoms with Crippen molar-refractivity contribution in [3.8, 4) is 0 Å². The number of anilines is 1. The monoisotopic (exact) mass is 417 g/mol. The van der Waals surface area contributed by atoms with Gasteiger partial charge in [0, 0.05) is 0 Å². The number of amides is 2. The van der Waals surface area contributed by atoms with Gasteiger partial charge in [-0.3, -0.25) is 14.5 Å². The fourth-order valence-corrected chi connectivity index (χ4v) is 3.26. The summed E-state index contributed by atoms with van der Waals surface area (Å²) >= 11 is 0. The third-order valence-electron chi connectivity index (χ3n) is 5.00. The maximum Gasteiger partial charge on any atom is 0.238 e. The van der Waals surface area contributed by atoms with Crippen LogP contribution in [-0.2, 0) is 9.59 Å². The van der Waals surface area contributed by atoms with E-state index < -0.39 is 29.3 Å². The van der Waals surface area contributed by atoms with Gasteiger partial charge in [0.1, 0.15) is 17.3 Å². The van der Waals surface area contributed by atoms with Crippen molar-refractivity contribution >= 4 is 17.5 Å². The molecular formula is C23H29F2N3O2. The molecule has 0 aliphatic carbocycles. The minimum absolute atomic E-state index is 0.119. The molecule has 2 atom stereocenters. The molecule has 0 saturated carbocycles. The summed E-state index contributed by atoms with van der Waals surface area (Å²) in [6, 6.07) is 12.4. The first-order valence-electron chi connectivity index (χ1n) is 10.2. The molecule has 0 heterocycles. The van der Waals surface area contributed by atoms with Gasteiger partial charge >= 0.3 is 0 Å². The third-order valence-corrected chi connectivity index (χ3v) is 5.00. The molecule has 0 fully saturated rings. The number of carbonyl (C=O) groups is 2. The molecule has 7 heteroatoms. The van der Waals surface area contributed by atoms with Crippen LogP contribution in [-0.4, -0.2) is 35.8 Å². The van der Waals surface area contributed by atoms with Crippen molar-refractivity contribution in [1.82, 2.24) is 10.2 Å². The molecule has 0 saturated heterocycles. The third kappa shape index (κ3) is 6.35.